The largest absolute Gasteiger partial charge is 0.439 e. The Hall–Kier alpha value is -1.35. The first-order chi connectivity index (χ1) is 9.28. The van der Waals surface area contributed by atoms with Crippen molar-refractivity contribution in [1.29, 1.82) is 0 Å². The molecule has 0 bridgehead atoms. The molecule has 0 atom stereocenters. The van der Waals surface area contributed by atoms with Crippen LogP contribution in [-0.4, -0.2) is 4.98 Å². The normalized spacial score (nSPS) is 10.4. The zero-order valence-electron chi connectivity index (χ0n) is 11.1. The van der Waals surface area contributed by atoms with Gasteiger partial charge in [-0.2, -0.15) is 0 Å². The number of halogens is 1. The SMILES string of the molecule is CCCCCc1ccc(Oc2ccc(Br)cn2)cc1. The summed E-state index contributed by atoms with van der Waals surface area (Å²) in [6.45, 7) is 2.22. The molecule has 100 valence electrons. The van der Waals surface area contributed by atoms with E-state index in [1.165, 1.54) is 24.8 Å². The van der Waals surface area contributed by atoms with E-state index in [4.69, 9.17) is 4.74 Å². The molecule has 0 saturated carbocycles. The van der Waals surface area contributed by atoms with Gasteiger partial charge in [0.25, 0.3) is 0 Å². The van der Waals surface area contributed by atoms with Crippen molar-refractivity contribution < 1.29 is 4.74 Å². The summed E-state index contributed by atoms with van der Waals surface area (Å²) < 4.78 is 6.63. The Labute approximate surface area is 123 Å². The maximum atomic E-state index is 5.68. The number of rotatable bonds is 6. The molecule has 1 aromatic heterocycles. The van der Waals surface area contributed by atoms with E-state index in [-0.39, 0.29) is 0 Å². The Morgan fingerprint density at radius 1 is 1.05 bits per heavy atom. The van der Waals surface area contributed by atoms with Gasteiger partial charge in [-0.05, 0) is 52.5 Å². The van der Waals surface area contributed by atoms with Crippen molar-refractivity contribution in [3.05, 3.63) is 52.6 Å². The molecule has 0 aliphatic carbocycles. The minimum absolute atomic E-state index is 0.613. The first-order valence-electron chi connectivity index (χ1n) is 6.66. The Morgan fingerprint density at radius 2 is 1.84 bits per heavy atom. The molecule has 0 aliphatic heterocycles. The van der Waals surface area contributed by atoms with Gasteiger partial charge in [-0.1, -0.05) is 31.9 Å². The van der Waals surface area contributed by atoms with Crippen LogP contribution in [-0.2, 0) is 6.42 Å². The highest BCUT2D eigenvalue weighted by atomic mass is 79.9. The third kappa shape index (κ3) is 4.67. The Morgan fingerprint density at radius 3 is 2.47 bits per heavy atom. The Balaban J connectivity index is 1.92. The molecular formula is C16H18BrNO. The van der Waals surface area contributed by atoms with Gasteiger partial charge >= 0.3 is 0 Å². The van der Waals surface area contributed by atoms with Crippen LogP contribution in [0.25, 0.3) is 0 Å². The van der Waals surface area contributed by atoms with Crippen molar-refractivity contribution >= 4 is 15.9 Å². The third-order valence-electron chi connectivity index (χ3n) is 2.92. The second kappa shape index (κ2) is 7.29. The lowest BCUT2D eigenvalue weighted by Crippen LogP contribution is -1.89. The van der Waals surface area contributed by atoms with Gasteiger partial charge in [-0.3, -0.25) is 0 Å². The summed E-state index contributed by atoms with van der Waals surface area (Å²) in [4.78, 5) is 4.19. The number of benzene rings is 1. The average molecular weight is 320 g/mol. The van der Waals surface area contributed by atoms with Gasteiger partial charge in [0.05, 0.1) is 0 Å². The third-order valence-corrected chi connectivity index (χ3v) is 3.38. The number of hydrogen-bond donors (Lipinski definition) is 0. The average Bonchev–Trinajstić information content (AvgIpc) is 2.44. The van der Waals surface area contributed by atoms with Gasteiger partial charge in [0.15, 0.2) is 0 Å². The molecule has 0 amide bonds. The molecule has 0 unspecified atom stereocenters. The zero-order chi connectivity index (χ0) is 13.5. The van der Waals surface area contributed by atoms with Crippen molar-refractivity contribution in [2.75, 3.05) is 0 Å². The van der Waals surface area contributed by atoms with E-state index in [1.54, 1.807) is 6.20 Å². The van der Waals surface area contributed by atoms with Crippen LogP contribution in [0, 0.1) is 0 Å². The van der Waals surface area contributed by atoms with Crippen molar-refractivity contribution in [2.24, 2.45) is 0 Å². The van der Waals surface area contributed by atoms with Crippen LogP contribution in [0.4, 0.5) is 0 Å². The lowest BCUT2D eigenvalue weighted by atomic mass is 10.1. The molecule has 2 nitrogen and oxygen atoms in total. The van der Waals surface area contributed by atoms with Gasteiger partial charge in [0.2, 0.25) is 5.88 Å². The summed E-state index contributed by atoms with van der Waals surface area (Å²) in [5.41, 5.74) is 1.37. The highest BCUT2D eigenvalue weighted by Gasteiger charge is 1.99. The highest BCUT2D eigenvalue weighted by molar-refractivity contribution is 9.10. The van der Waals surface area contributed by atoms with Crippen molar-refractivity contribution in [3.8, 4) is 11.6 Å². The molecule has 1 aromatic carbocycles. The maximum Gasteiger partial charge on any atom is 0.219 e. The minimum Gasteiger partial charge on any atom is -0.439 e. The molecule has 2 rings (SSSR count). The quantitative estimate of drug-likeness (QED) is 0.668. The Kier molecular flexibility index (Phi) is 5.40. The van der Waals surface area contributed by atoms with Crippen LogP contribution in [0.15, 0.2) is 47.1 Å². The molecule has 2 aromatic rings. The second-order valence-corrected chi connectivity index (χ2v) is 5.43. The summed E-state index contributed by atoms with van der Waals surface area (Å²) in [7, 11) is 0. The number of nitrogens with zero attached hydrogens (tertiary/aromatic N) is 1. The van der Waals surface area contributed by atoms with E-state index >= 15 is 0 Å². The van der Waals surface area contributed by atoms with Crippen LogP contribution in [0.1, 0.15) is 31.7 Å². The van der Waals surface area contributed by atoms with Crippen LogP contribution in [0.5, 0.6) is 11.6 Å². The summed E-state index contributed by atoms with van der Waals surface area (Å²) in [5.74, 6) is 1.44. The van der Waals surface area contributed by atoms with E-state index in [9.17, 15) is 0 Å². The number of ether oxygens (including phenoxy) is 1. The van der Waals surface area contributed by atoms with Gasteiger partial charge in [-0.25, -0.2) is 4.98 Å². The fourth-order valence-electron chi connectivity index (χ4n) is 1.85. The molecular weight excluding hydrogens is 302 g/mol. The summed E-state index contributed by atoms with van der Waals surface area (Å²) in [6.07, 6.45) is 6.68. The lowest BCUT2D eigenvalue weighted by Gasteiger charge is -2.06. The monoisotopic (exact) mass is 319 g/mol. The molecule has 0 N–H and O–H groups in total. The molecule has 1 heterocycles. The Bertz CT molecular complexity index is 493. The summed E-state index contributed by atoms with van der Waals surface area (Å²) >= 11 is 3.35. The molecule has 0 fully saturated rings. The van der Waals surface area contributed by atoms with Crippen LogP contribution in [0.3, 0.4) is 0 Å². The van der Waals surface area contributed by atoms with E-state index in [0.29, 0.717) is 5.88 Å². The number of pyridine rings is 1. The van der Waals surface area contributed by atoms with Crippen LogP contribution < -0.4 is 4.74 Å². The molecule has 0 radical (unpaired) electrons. The number of aryl methyl sites for hydroxylation is 1. The first-order valence-corrected chi connectivity index (χ1v) is 7.45. The van der Waals surface area contributed by atoms with Gasteiger partial charge < -0.3 is 4.74 Å². The van der Waals surface area contributed by atoms with Gasteiger partial charge in [-0.15, -0.1) is 0 Å². The van der Waals surface area contributed by atoms with Crippen molar-refractivity contribution in [1.82, 2.24) is 4.98 Å². The highest BCUT2D eigenvalue weighted by Crippen LogP contribution is 2.21. The van der Waals surface area contributed by atoms with Gasteiger partial charge in [0, 0.05) is 16.7 Å². The van der Waals surface area contributed by atoms with E-state index in [0.717, 1.165) is 16.6 Å². The van der Waals surface area contributed by atoms with E-state index < -0.39 is 0 Å². The summed E-state index contributed by atoms with van der Waals surface area (Å²) in [6, 6.07) is 12.0. The molecule has 3 heteroatoms. The first kappa shape index (κ1) is 14.1. The topological polar surface area (TPSA) is 22.1 Å². The molecule has 19 heavy (non-hydrogen) atoms. The predicted molar refractivity (Wildman–Crippen MR) is 81.7 cm³/mol. The zero-order valence-corrected chi connectivity index (χ0v) is 12.7. The lowest BCUT2D eigenvalue weighted by molar-refractivity contribution is 0.462. The van der Waals surface area contributed by atoms with Gasteiger partial charge in [0.1, 0.15) is 5.75 Å². The maximum absolute atomic E-state index is 5.68. The molecule has 0 saturated heterocycles. The fourth-order valence-corrected chi connectivity index (χ4v) is 2.08. The minimum atomic E-state index is 0.613. The summed E-state index contributed by atoms with van der Waals surface area (Å²) in [5, 5.41) is 0. The fraction of sp³-hybridized carbons (Fsp3) is 0.312. The van der Waals surface area contributed by atoms with E-state index in [1.807, 2.05) is 24.3 Å². The standard InChI is InChI=1S/C16H18BrNO/c1-2-3-4-5-13-6-9-15(10-7-13)19-16-11-8-14(17)12-18-16/h6-12H,2-5H2,1H3. The van der Waals surface area contributed by atoms with Crippen molar-refractivity contribution in [3.63, 3.8) is 0 Å². The van der Waals surface area contributed by atoms with E-state index in [2.05, 4.69) is 40.0 Å². The molecule has 0 spiro atoms. The number of hydrogen-bond acceptors (Lipinski definition) is 2. The second-order valence-electron chi connectivity index (χ2n) is 4.52. The smallest absolute Gasteiger partial charge is 0.219 e. The predicted octanol–water partition coefficient (Wildman–Crippen LogP) is 5.37. The van der Waals surface area contributed by atoms with Crippen LogP contribution in [0.2, 0.25) is 0 Å². The number of unbranched alkanes of at least 4 members (excludes halogenated alkanes) is 2. The number of aromatic nitrogens is 1. The van der Waals surface area contributed by atoms with Crippen LogP contribution >= 0.6 is 15.9 Å². The molecule has 0 aliphatic rings. The van der Waals surface area contributed by atoms with Crippen molar-refractivity contribution in [2.45, 2.75) is 32.6 Å².